The van der Waals surface area contributed by atoms with Crippen molar-refractivity contribution < 1.29 is 0 Å². The first-order valence-electron chi connectivity index (χ1n) is 10.6. The summed E-state index contributed by atoms with van der Waals surface area (Å²) in [6, 6.07) is 27.8. The summed E-state index contributed by atoms with van der Waals surface area (Å²) in [5.74, 6) is 0. The minimum atomic E-state index is 0. The molecule has 2 nitrogen and oxygen atoms in total. The number of halogens is 1. The van der Waals surface area contributed by atoms with Gasteiger partial charge in [0.15, 0.2) is 0 Å². The van der Waals surface area contributed by atoms with Gasteiger partial charge in [0.05, 0.1) is 11.6 Å². The number of benzene rings is 3. The van der Waals surface area contributed by atoms with Gasteiger partial charge in [-0.05, 0) is 58.4 Å². The summed E-state index contributed by atoms with van der Waals surface area (Å²) in [5, 5.41) is 9.16. The Morgan fingerprint density at radius 1 is 0.774 bits per heavy atom. The number of piperidine rings is 1. The Kier molecular flexibility index (Phi) is 6.37. The van der Waals surface area contributed by atoms with E-state index < -0.39 is 0 Å². The topological polar surface area (TPSA) is 27.0 Å². The molecule has 0 spiro atoms. The Hall–Kier alpha value is -3.12. The monoisotopic (exact) mass is 424 g/mol. The second kappa shape index (κ2) is 9.35. The summed E-state index contributed by atoms with van der Waals surface area (Å²) in [6.45, 7) is 3.01. The molecule has 2 aliphatic rings. The van der Waals surface area contributed by atoms with E-state index in [4.69, 9.17) is 5.26 Å². The summed E-state index contributed by atoms with van der Waals surface area (Å²) >= 11 is 0. The number of hydrogen-bond acceptors (Lipinski definition) is 2. The highest BCUT2D eigenvalue weighted by Gasteiger charge is 2.22. The van der Waals surface area contributed by atoms with Crippen molar-refractivity contribution in [3.05, 3.63) is 112 Å². The zero-order valence-electron chi connectivity index (χ0n) is 17.4. The molecule has 1 saturated heterocycles. The van der Waals surface area contributed by atoms with Crippen molar-refractivity contribution in [3.8, 4) is 6.07 Å². The minimum Gasteiger partial charge on any atom is -0.298 e. The fourth-order valence-corrected chi connectivity index (χ4v) is 4.67. The van der Waals surface area contributed by atoms with Gasteiger partial charge in [-0.2, -0.15) is 5.26 Å². The van der Waals surface area contributed by atoms with Crippen LogP contribution in [0.3, 0.4) is 0 Å². The lowest BCUT2D eigenvalue weighted by Gasteiger charge is -2.30. The van der Waals surface area contributed by atoms with Gasteiger partial charge < -0.3 is 0 Å². The molecule has 0 amide bonds. The van der Waals surface area contributed by atoms with E-state index in [9.17, 15) is 0 Å². The van der Waals surface area contributed by atoms with Gasteiger partial charge in [-0.1, -0.05) is 78.4 Å². The third-order valence-corrected chi connectivity index (χ3v) is 6.18. The van der Waals surface area contributed by atoms with Crippen molar-refractivity contribution in [3.63, 3.8) is 0 Å². The van der Waals surface area contributed by atoms with Crippen LogP contribution < -0.4 is 0 Å². The van der Waals surface area contributed by atoms with Gasteiger partial charge in [0.2, 0.25) is 0 Å². The van der Waals surface area contributed by atoms with Gasteiger partial charge in [-0.25, -0.2) is 0 Å². The quantitative estimate of drug-likeness (QED) is 0.364. The van der Waals surface area contributed by atoms with Crippen LogP contribution in [0.2, 0.25) is 0 Å². The lowest BCUT2D eigenvalue weighted by molar-refractivity contribution is 0.248. The van der Waals surface area contributed by atoms with Crippen molar-refractivity contribution in [1.82, 2.24) is 4.90 Å². The third kappa shape index (κ3) is 4.35. The number of nitrogens with zero attached hydrogens (tertiary/aromatic N) is 2. The van der Waals surface area contributed by atoms with Crippen LogP contribution >= 0.6 is 12.4 Å². The molecule has 3 aromatic carbocycles. The van der Waals surface area contributed by atoms with E-state index in [1.165, 1.54) is 33.4 Å². The first kappa shape index (κ1) is 21.1. The zero-order valence-corrected chi connectivity index (χ0v) is 18.2. The Labute approximate surface area is 190 Å². The molecule has 154 valence electrons. The van der Waals surface area contributed by atoms with E-state index in [0.717, 1.165) is 38.0 Å². The van der Waals surface area contributed by atoms with E-state index in [-0.39, 0.29) is 12.4 Å². The van der Waals surface area contributed by atoms with Crippen LogP contribution in [-0.4, -0.2) is 18.0 Å². The molecule has 0 unspecified atom stereocenters. The summed E-state index contributed by atoms with van der Waals surface area (Å²) in [5.41, 5.74) is 10.2. The highest BCUT2D eigenvalue weighted by atomic mass is 35.5. The number of nitriles is 1. The average Bonchev–Trinajstić information content (AvgIpc) is 2.97. The molecule has 0 radical (unpaired) electrons. The van der Waals surface area contributed by atoms with E-state index in [1.54, 1.807) is 5.57 Å². The van der Waals surface area contributed by atoms with Crippen LogP contribution in [0.25, 0.3) is 17.7 Å². The lowest BCUT2D eigenvalue weighted by atomic mass is 9.86. The van der Waals surface area contributed by atoms with Crippen LogP contribution in [-0.2, 0) is 6.54 Å². The van der Waals surface area contributed by atoms with Gasteiger partial charge in [0, 0.05) is 19.6 Å². The molecule has 3 heteroatoms. The van der Waals surface area contributed by atoms with E-state index in [2.05, 4.69) is 77.7 Å². The molecule has 1 aliphatic carbocycles. The largest absolute Gasteiger partial charge is 0.298 e. The van der Waals surface area contributed by atoms with Gasteiger partial charge in [0.25, 0.3) is 0 Å². The van der Waals surface area contributed by atoms with Crippen LogP contribution in [0.15, 0.2) is 78.4 Å². The molecule has 1 fully saturated rings. The van der Waals surface area contributed by atoms with Crippen molar-refractivity contribution >= 4 is 30.1 Å². The van der Waals surface area contributed by atoms with Crippen molar-refractivity contribution in [2.75, 3.05) is 13.1 Å². The Morgan fingerprint density at radius 2 is 1.39 bits per heavy atom. The Morgan fingerprint density at radius 3 is 2.00 bits per heavy atom. The molecule has 0 bridgehead atoms. The summed E-state index contributed by atoms with van der Waals surface area (Å²) in [7, 11) is 0. The molecule has 0 saturated carbocycles. The fraction of sp³-hybridized carbons (Fsp3) is 0.179. The molecule has 1 aliphatic heterocycles. The first-order valence-corrected chi connectivity index (χ1v) is 10.6. The SMILES string of the molecule is Cl.N#Cc1cccc(CN2CCC(=C3c4ccccc4C=Cc4ccccc43)CC2)c1. The number of rotatable bonds is 2. The summed E-state index contributed by atoms with van der Waals surface area (Å²) in [6.07, 6.45) is 6.66. The van der Waals surface area contributed by atoms with Crippen LogP contribution in [0, 0.1) is 11.3 Å². The highest BCUT2D eigenvalue weighted by Crippen LogP contribution is 2.38. The van der Waals surface area contributed by atoms with E-state index in [0.29, 0.717) is 0 Å². The fourth-order valence-electron chi connectivity index (χ4n) is 4.67. The first-order chi connectivity index (χ1) is 14.8. The van der Waals surface area contributed by atoms with Gasteiger partial charge in [-0.3, -0.25) is 4.90 Å². The summed E-state index contributed by atoms with van der Waals surface area (Å²) in [4.78, 5) is 2.51. The molecular formula is C28H25ClN2. The summed E-state index contributed by atoms with van der Waals surface area (Å²) < 4.78 is 0. The van der Waals surface area contributed by atoms with Gasteiger partial charge >= 0.3 is 0 Å². The molecule has 5 rings (SSSR count). The predicted molar refractivity (Wildman–Crippen MR) is 131 cm³/mol. The Bertz CT molecular complexity index is 1140. The average molecular weight is 425 g/mol. The molecule has 0 aromatic heterocycles. The molecule has 1 heterocycles. The number of hydrogen-bond donors (Lipinski definition) is 0. The maximum absolute atomic E-state index is 9.16. The number of fused-ring (bicyclic) bond motifs is 2. The van der Waals surface area contributed by atoms with E-state index >= 15 is 0 Å². The van der Waals surface area contributed by atoms with Crippen LogP contribution in [0.5, 0.6) is 0 Å². The highest BCUT2D eigenvalue weighted by molar-refractivity contribution is 5.94. The second-order valence-corrected chi connectivity index (χ2v) is 8.07. The minimum absolute atomic E-state index is 0. The normalized spacial score (nSPS) is 15.3. The smallest absolute Gasteiger partial charge is 0.0991 e. The zero-order chi connectivity index (χ0) is 20.3. The van der Waals surface area contributed by atoms with Gasteiger partial charge in [-0.15, -0.1) is 12.4 Å². The molecule has 3 aromatic rings. The number of likely N-dealkylation sites (tertiary alicyclic amines) is 1. The van der Waals surface area contributed by atoms with Crippen molar-refractivity contribution in [2.24, 2.45) is 0 Å². The van der Waals surface area contributed by atoms with Crippen LogP contribution in [0.4, 0.5) is 0 Å². The molecule has 0 N–H and O–H groups in total. The maximum atomic E-state index is 9.16. The standard InChI is InChI=1S/C28H24N2.ClH/c29-19-21-6-5-7-22(18-21)20-30-16-14-25(15-17-30)28-26-10-3-1-8-23(26)12-13-24-9-2-4-11-27(24)28;/h1-13,18H,14-17,20H2;1H. The van der Waals surface area contributed by atoms with Crippen LogP contribution in [0.1, 0.15) is 46.2 Å². The third-order valence-electron chi connectivity index (χ3n) is 6.18. The molecule has 31 heavy (non-hydrogen) atoms. The molecule has 0 atom stereocenters. The second-order valence-electron chi connectivity index (χ2n) is 8.07. The predicted octanol–water partition coefficient (Wildman–Crippen LogP) is 6.56. The Balaban J connectivity index is 0.00000231. The van der Waals surface area contributed by atoms with Gasteiger partial charge in [0.1, 0.15) is 0 Å². The lowest BCUT2D eigenvalue weighted by Crippen LogP contribution is -2.30. The van der Waals surface area contributed by atoms with Crippen molar-refractivity contribution in [2.45, 2.75) is 19.4 Å². The molecular weight excluding hydrogens is 400 g/mol. The van der Waals surface area contributed by atoms with Crippen molar-refractivity contribution in [1.29, 1.82) is 5.26 Å². The maximum Gasteiger partial charge on any atom is 0.0991 e. The van der Waals surface area contributed by atoms with E-state index in [1.807, 2.05) is 18.2 Å².